The molecule has 2 rings (SSSR count). The van der Waals surface area contributed by atoms with Crippen molar-refractivity contribution in [3.05, 3.63) is 58.6 Å². The minimum Gasteiger partial charge on any atom is -0.334 e. The second-order valence-electron chi connectivity index (χ2n) is 4.97. The summed E-state index contributed by atoms with van der Waals surface area (Å²) in [5.41, 5.74) is -2.33. The highest BCUT2D eigenvalue weighted by molar-refractivity contribution is 8.00. The van der Waals surface area contributed by atoms with Gasteiger partial charge in [0.2, 0.25) is 0 Å². The van der Waals surface area contributed by atoms with Crippen molar-refractivity contribution in [1.82, 2.24) is 5.32 Å². The van der Waals surface area contributed by atoms with Crippen LogP contribution in [-0.4, -0.2) is 11.5 Å². The fraction of sp³-hybridized carbons (Fsp3) is 0.188. The Labute approximate surface area is 146 Å². The van der Waals surface area contributed by atoms with E-state index < -0.39 is 11.5 Å². The van der Waals surface area contributed by atoms with Gasteiger partial charge in [0.25, 0.3) is 0 Å². The average Bonchev–Trinajstić information content (AvgIpc) is 2.47. The summed E-state index contributed by atoms with van der Waals surface area (Å²) in [5, 5.41) is 5.73. The predicted molar refractivity (Wildman–Crippen MR) is 90.4 cm³/mol. The first kappa shape index (κ1) is 18.5. The molecule has 0 unspecified atom stereocenters. The lowest BCUT2D eigenvalue weighted by atomic mass is 10.1. The highest BCUT2D eigenvalue weighted by Gasteiger charge is 2.29. The molecule has 0 aliphatic carbocycles. The van der Waals surface area contributed by atoms with Crippen molar-refractivity contribution in [2.24, 2.45) is 0 Å². The van der Waals surface area contributed by atoms with E-state index in [9.17, 15) is 18.0 Å². The number of alkyl halides is 3. The van der Waals surface area contributed by atoms with E-state index in [1.54, 1.807) is 6.07 Å². The molecule has 24 heavy (non-hydrogen) atoms. The van der Waals surface area contributed by atoms with E-state index in [4.69, 9.17) is 11.6 Å². The van der Waals surface area contributed by atoms with Crippen LogP contribution in [0.3, 0.4) is 0 Å². The van der Waals surface area contributed by atoms with Gasteiger partial charge >= 0.3 is 11.5 Å². The summed E-state index contributed by atoms with van der Waals surface area (Å²) in [6.45, 7) is 2.13. The number of hydrogen-bond donors (Lipinski definition) is 2. The Morgan fingerprint density at radius 1 is 1.21 bits per heavy atom. The van der Waals surface area contributed by atoms with E-state index in [1.165, 1.54) is 24.3 Å². The molecule has 8 heteroatoms. The summed E-state index contributed by atoms with van der Waals surface area (Å²) in [5.74, 6) is 0. The molecule has 0 heterocycles. The molecule has 0 spiro atoms. The van der Waals surface area contributed by atoms with E-state index in [0.29, 0.717) is 5.02 Å². The predicted octanol–water partition coefficient (Wildman–Crippen LogP) is 5.58. The second-order valence-corrected chi connectivity index (χ2v) is 6.51. The first-order valence-corrected chi connectivity index (χ1v) is 8.08. The van der Waals surface area contributed by atoms with Crippen LogP contribution in [0.5, 0.6) is 0 Å². The minimum atomic E-state index is -4.37. The van der Waals surface area contributed by atoms with E-state index in [2.05, 4.69) is 10.6 Å². The van der Waals surface area contributed by atoms with Crippen LogP contribution in [0.25, 0.3) is 0 Å². The van der Waals surface area contributed by atoms with Crippen molar-refractivity contribution in [2.45, 2.75) is 23.9 Å². The van der Waals surface area contributed by atoms with Crippen LogP contribution in [-0.2, 0) is 6.54 Å². The van der Waals surface area contributed by atoms with Crippen LogP contribution in [0, 0.1) is 6.92 Å². The van der Waals surface area contributed by atoms with Crippen LogP contribution >= 0.6 is 23.4 Å². The largest absolute Gasteiger partial charge is 0.446 e. The van der Waals surface area contributed by atoms with E-state index in [1.807, 2.05) is 19.1 Å². The van der Waals surface area contributed by atoms with Crippen LogP contribution in [0.15, 0.2) is 47.4 Å². The number of halogens is 4. The van der Waals surface area contributed by atoms with Crippen molar-refractivity contribution in [2.75, 3.05) is 5.32 Å². The van der Waals surface area contributed by atoms with Gasteiger partial charge in [0.1, 0.15) is 0 Å². The van der Waals surface area contributed by atoms with Gasteiger partial charge < -0.3 is 10.6 Å². The standard InChI is InChI=1S/C16H14ClF3N2OS/c1-10-5-6-11(7-14(10)17)9-21-15(23)22-12-3-2-4-13(8-12)24-16(18,19)20/h2-8H,9H2,1H3,(H2,21,22,23). The Kier molecular flexibility index (Phi) is 6.01. The number of rotatable bonds is 4. The molecular formula is C16H14ClF3N2OS. The molecule has 0 bridgehead atoms. The van der Waals surface area contributed by atoms with Crippen LogP contribution in [0.4, 0.5) is 23.7 Å². The zero-order chi connectivity index (χ0) is 17.7. The summed E-state index contributed by atoms with van der Waals surface area (Å²) in [6, 6.07) is 10.5. The zero-order valence-corrected chi connectivity index (χ0v) is 14.1. The number of thioether (sulfide) groups is 1. The van der Waals surface area contributed by atoms with Crippen molar-refractivity contribution >= 4 is 35.1 Å². The maximum Gasteiger partial charge on any atom is 0.446 e. The molecule has 2 amide bonds. The topological polar surface area (TPSA) is 41.1 Å². The Hall–Kier alpha value is -1.86. The number of carbonyl (C=O) groups excluding carboxylic acids is 1. The van der Waals surface area contributed by atoms with Gasteiger partial charge in [0.05, 0.1) is 0 Å². The first-order chi connectivity index (χ1) is 11.2. The Bertz CT molecular complexity index is 738. The molecule has 2 N–H and O–H groups in total. The molecule has 128 valence electrons. The van der Waals surface area contributed by atoms with E-state index in [0.717, 1.165) is 11.1 Å². The lowest BCUT2D eigenvalue weighted by Gasteiger charge is -2.10. The molecule has 0 saturated carbocycles. The molecule has 0 saturated heterocycles. The normalized spacial score (nSPS) is 11.2. The van der Waals surface area contributed by atoms with Gasteiger partial charge in [0, 0.05) is 22.2 Å². The summed E-state index contributed by atoms with van der Waals surface area (Å²) < 4.78 is 37.1. The van der Waals surface area contributed by atoms with Crippen LogP contribution in [0.2, 0.25) is 5.02 Å². The van der Waals surface area contributed by atoms with Crippen LogP contribution < -0.4 is 10.6 Å². The fourth-order valence-corrected chi connectivity index (χ4v) is 2.68. The van der Waals surface area contributed by atoms with Gasteiger partial charge in [0.15, 0.2) is 0 Å². The molecule has 3 nitrogen and oxygen atoms in total. The third-order valence-corrected chi connectivity index (χ3v) is 4.14. The minimum absolute atomic E-state index is 0.00520. The van der Waals surface area contributed by atoms with Crippen molar-refractivity contribution in [3.63, 3.8) is 0 Å². The third-order valence-electron chi connectivity index (χ3n) is 3.01. The fourth-order valence-electron chi connectivity index (χ4n) is 1.87. The number of carbonyl (C=O) groups is 1. The lowest BCUT2D eigenvalue weighted by molar-refractivity contribution is -0.0328. The number of amides is 2. The highest BCUT2D eigenvalue weighted by Crippen LogP contribution is 2.37. The number of urea groups is 1. The number of benzene rings is 2. The van der Waals surface area contributed by atoms with Crippen molar-refractivity contribution in [1.29, 1.82) is 0 Å². The van der Waals surface area contributed by atoms with Gasteiger partial charge in [-0.25, -0.2) is 4.79 Å². The SMILES string of the molecule is Cc1ccc(CNC(=O)Nc2cccc(SC(F)(F)F)c2)cc1Cl. The quantitative estimate of drug-likeness (QED) is 0.686. The van der Waals surface area contributed by atoms with Gasteiger partial charge in [-0.15, -0.1) is 0 Å². The first-order valence-electron chi connectivity index (χ1n) is 6.88. The van der Waals surface area contributed by atoms with Gasteiger partial charge in [-0.2, -0.15) is 13.2 Å². The number of nitrogens with one attached hydrogen (secondary N) is 2. The number of anilines is 1. The zero-order valence-electron chi connectivity index (χ0n) is 12.6. The molecule has 2 aromatic rings. The van der Waals surface area contributed by atoms with Gasteiger partial charge in [-0.1, -0.05) is 29.8 Å². The summed E-state index contributed by atoms with van der Waals surface area (Å²) in [6.07, 6.45) is 0. The Balaban J connectivity index is 1.92. The van der Waals surface area contributed by atoms with Gasteiger partial charge in [-0.05, 0) is 54.1 Å². The summed E-state index contributed by atoms with van der Waals surface area (Å²) in [7, 11) is 0. The molecule has 0 aliphatic heterocycles. The summed E-state index contributed by atoms with van der Waals surface area (Å²) in [4.78, 5) is 11.9. The molecule has 2 aromatic carbocycles. The molecule has 0 aromatic heterocycles. The molecule has 0 atom stereocenters. The maximum absolute atomic E-state index is 12.4. The molecule has 0 radical (unpaired) electrons. The highest BCUT2D eigenvalue weighted by atomic mass is 35.5. The lowest BCUT2D eigenvalue weighted by Crippen LogP contribution is -2.28. The maximum atomic E-state index is 12.4. The average molecular weight is 375 g/mol. The molecule has 0 fully saturated rings. The van der Waals surface area contributed by atoms with Crippen LogP contribution in [0.1, 0.15) is 11.1 Å². The van der Waals surface area contributed by atoms with Crippen molar-refractivity contribution < 1.29 is 18.0 Å². The van der Waals surface area contributed by atoms with E-state index in [-0.39, 0.29) is 28.9 Å². The number of hydrogen-bond acceptors (Lipinski definition) is 2. The Morgan fingerprint density at radius 2 is 1.96 bits per heavy atom. The molecule has 0 aliphatic rings. The smallest absolute Gasteiger partial charge is 0.334 e. The molecular weight excluding hydrogens is 361 g/mol. The summed E-state index contributed by atoms with van der Waals surface area (Å²) >= 11 is 5.78. The second kappa shape index (κ2) is 7.81. The Morgan fingerprint density at radius 3 is 2.62 bits per heavy atom. The third kappa shape index (κ3) is 5.98. The number of aryl methyl sites for hydroxylation is 1. The monoisotopic (exact) mass is 374 g/mol. The van der Waals surface area contributed by atoms with E-state index >= 15 is 0 Å². The van der Waals surface area contributed by atoms with Gasteiger partial charge in [-0.3, -0.25) is 0 Å². The van der Waals surface area contributed by atoms with Crippen molar-refractivity contribution in [3.8, 4) is 0 Å².